The third-order valence-electron chi connectivity index (χ3n) is 3.13. The van der Waals surface area contributed by atoms with Gasteiger partial charge in [-0.1, -0.05) is 0 Å². The Labute approximate surface area is 123 Å². The van der Waals surface area contributed by atoms with Crippen molar-refractivity contribution in [3.8, 4) is 5.75 Å². The second-order valence-corrected chi connectivity index (χ2v) is 4.75. The number of halogens is 5. The van der Waals surface area contributed by atoms with Crippen LogP contribution in [0.3, 0.4) is 0 Å². The maximum Gasteiger partial charge on any atom is 0.362 e. The van der Waals surface area contributed by atoms with E-state index in [1.54, 1.807) is 4.90 Å². The highest BCUT2D eigenvalue weighted by molar-refractivity contribution is 5.30. The minimum atomic E-state index is -2.23. The zero-order chi connectivity index (χ0) is 16.4. The van der Waals surface area contributed by atoms with Crippen LogP contribution in [0.15, 0.2) is 0 Å². The van der Waals surface area contributed by atoms with E-state index in [1.165, 1.54) is 11.6 Å². The highest BCUT2D eigenvalue weighted by Crippen LogP contribution is 2.30. The normalized spacial score (nSPS) is 17.4. The molecule has 1 atom stereocenters. The van der Waals surface area contributed by atoms with E-state index in [2.05, 4.69) is 6.72 Å². The molecule has 1 fully saturated rings. The molecule has 4 nitrogen and oxygen atoms in total. The SMILES string of the molecule is C=[N+](C)C(Oc1c(F)c(F)c(F)c(F)c1F)N1CCOCC1. The lowest BCUT2D eigenvalue weighted by Gasteiger charge is -2.30. The molecule has 0 aromatic heterocycles. The average molecular weight is 325 g/mol. The van der Waals surface area contributed by atoms with Crippen LogP contribution in [0.1, 0.15) is 0 Å². The highest BCUT2D eigenvalue weighted by atomic mass is 19.2. The molecule has 0 N–H and O–H groups in total. The molecule has 1 heterocycles. The number of hydrogen-bond donors (Lipinski definition) is 0. The molecule has 1 aromatic rings. The van der Waals surface area contributed by atoms with Crippen LogP contribution in [0.25, 0.3) is 0 Å². The Kier molecular flexibility index (Phi) is 4.97. The summed E-state index contributed by atoms with van der Waals surface area (Å²) in [6.07, 6.45) is -1.10. The minimum Gasteiger partial charge on any atom is -0.415 e. The van der Waals surface area contributed by atoms with Crippen LogP contribution < -0.4 is 4.74 Å². The molecule has 0 spiro atoms. The monoisotopic (exact) mass is 325 g/mol. The maximum absolute atomic E-state index is 13.7. The van der Waals surface area contributed by atoms with Gasteiger partial charge in [-0.05, 0) is 0 Å². The Morgan fingerprint density at radius 3 is 1.91 bits per heavy atom. The van der Waals surface area contributed by atoms with Gasteiger partial charge >= 0.3 is 6.35 Å². The zero-order valence-electron chi connectivity index (χ0n) is 11.7. The van der Waals surface area contributed by atoms with Gasteiger partial charge in [0.25, 0.3) is 0 Å². The van der Waals surface area contributed by atoms with Crippen molar-refractivity contribution in [1.82, 2.24) is 4.90 Å². The average Bonchev–Trinajstić information content (AvgIpc) is 2.51. The van der Waals surface area contributed by atoms with E-state index in [9.17, 15) is 22.0 Å². The third-order valence-corrected chi connectivity index (χ3v) is 3.13. The molecular weight excluding hydrogens is 311 g/mol. The lowest BCUT2D eigenvalue weighted by atomic mass is 10.2. The summed E-state index contributed by atoms with van der Waals surface area (Å²) in [6, 6.07) is 0. The summed E-state index contributed by atoms with van der Waals surface area (Å²) < 4.78 is 78.1. The van der Waals surface area contributed by atoms with Crippen molar-refractivity contribution in [2.24, 2.45) is 0 Å². The minimum absolute atomic E-state index is 0.352. The van der Waals surface area contributed by atoms with Crippen LogP contribution in [0, 0.1) is 29.1 Å². The molecule has 0 saturated carbocycles. The van der Waals surface area contributed by atoms with Crippen molar-refractivity contribution < 1.29 is 36.0 Å². The summed E-state index contributed by atoms with van der Waals surface area (Å²) in [4.78, 5) is 1.61. The molecule has 122 valence electrons. The quantitative estimate of drug-likeness (QED) is 0.210. The number of nitrogens with zero attached hydrogens (tertiary/aromatic N) is 2. The van der Waals surface area contributed by atoms with Gasteiger partial charge in [0.2, 0.25) is 34.8 Å². The van der Waals surface area contributed by atoms with Gasteiger partial charge in [-0.15, -0.1) is 0 Å². The molecule has 1 unspecified atom stereocenters. The van der Waals surface area contributed by atoms with E-state index in [0.29, 0.717) is 26.3 Å². The van der Waals surface area contributed by atoms with Gasteiger partial charge in [-0.2, -0.15) is 13.4 Å². The van der Waals surface area contributed by atoms with Crippen molar-refractivity contribution in [3.05, 3.63) is 29.1 Å². The summed E-state index contributed by atoms with van der Waals surface area (Å²) in [5, 5.41) is 0. The van der Waals surface area contributed by atoms with Crippen molar-refractivity contribution in [2.75, 3.05) is 33.4 Å². The van der Waals surface area contributed by atoms with Gasteiger partial charge in [0.1, 0.15) is 13.8 Å². The molecule has 0 aliphatic carbocycles. The number of rotatable bonds is 4. The van der Waals surface area contributed by atoms with Gasteiger partial charge in [-0.25, -0.2) is 18.1 Å². The summed E-state index contributed by atoms with van der Waals surface area (Å²) in [7, 11) is 1.45. The predicted molar refractivity (Wildman–Crippen MR) is 66.3 cm³/mol. The van der Waals surface area contributed by atoms with E-state index in [1.807, 2.05) is 0 Å². The molecular formula is C13H14F5N2O2+. The Balaban J connectivity index is 2.36. The van der Waals surface area contributed by atoms with Crippen molar-refractivity contribution >= 4 is 6.72 Å². The van der Waals surface area contributed by atoms with Crippen molar-refractivity contribution in [2.45, 2.75) is 6.35 Å². The van der Waals surface area contributed by atoms with Crippen LogP contribution in [-0.2, 0) is 4.74 Å². The Hall–Kier alpha value is -1.74. The number of ether oxygens (including phenoxy) is 2. The van der Waals surface area contributed by atoms with Crippen LogP contribution in [0.2, 0.25) is 0 Å². The molecule has 0 amide bonds. The fourth-order valence-corrected chi connectivity index (χ4v) is 2.04. The van der Waals surface area contributed by atoms with E-state index in [-0.39, 0.29) is 0 Å². The largest absolute Gasteiger partial charge is 0.415 e. The second kappa shape index (κ2) is 6.57. The van der Waals surface area contributed by atoms with Gasteiger partial charge in [-0.3, -0.25) is 0 Å². The van der Waals surface area contributed by atoms with Gasteiger partial charge in [0, 0.05) is 13.1 Å². The zero-order valence-corrected chi connectivity index (χ0v) is 11.7. The molecule has 9 heteroatoms. The lowest BCUT2D eigenvalue weighted by molar-refractivity contribution is -0.600. The van der Waals surface area contributed by atoms with Crippen molar-refractivity contribution in [3.63, 3.8) is 0 Å². The van der Waals surface area contributed by atoms with E-state index >= 15 is 0 Å². The molecule has 1 aliphatic heterocycles. The molecule has 2 rings (SSSR count). The predicted octanol–water partition coefficient (Wildman–Crippen LogP) is 1.72. The second-order valence-electron chi connectivity index (χ2n) is 4.75. The third kappa shape index (κ3) is 3.05. The Morgan fingerprint density at radius 2 is 1.45 bits per heavy atom. The fraction of sp³-hybridized carbons (Fsp3) is 0.462. The molecule has 1 aromatic carbocycles. The summed E-state index contributed by atoms with van der Waals surface area (Å²) in [5.74, 6) is -11.7. The van der Waals surface area contributed by atoms with Gasteiger partial charge in [0.05, 0.1) is 13.2 Å². The molecule has 0 bridgehead atoms. The molecule has 1 saturated heterocycles. The summed E-state index contributed by atoms with van der Waals surface area (Å²) in [6.45, 7) is 4.98. The first-order valence-electron chi connectivity index (χ1n) is 6.37. The molecule has 0 radical (unpaired) electrons. The van der Waals surface area contributed by atoms with Crippen LogP contribution in [0.5, 0.6) is 5.75 Å². The first-order chi connectivity index (χ1) is 10.3. The summed E-state index contributed by atoms with van der Waals surface area (Å²) >= 11 is 0. The van der Waals surface area contributed by atoms with Crippen LogP contribution in [-0.4, -0.2) is 55.9 Å². The Bertz CT molecular complexity index is 561. The number of hydrogen-bond acceptors (Lipinski definition) is 3. The van der Waals surface area contributed by atoms with Gasteiger partial charge < -0.3 is 9.47 Å². The summed E-state index contributed by atoms with van der Waals surface area (Å²) in [5.41, 5.74) is 0. The van der Waals surface area contributed by atoms with Crippen LogP contribution in [0.4, 0.5) is 22.0 Å². The standard InChI is InChI=1S/C13H14F5N2O2/c1-19(2)13(20-3-5-21-6-4-20)22-12-10(17)8(15)7(14)9(16)11(12)18/h13H,1,3-6H2,2H3/q+1. The first kappa shape index (κ1) is 16.6. The topological polar surface area (TPSA) is 24.7 Å². The molecule has 1 aliphatic rings. The lowest BCUT2D eigenvalue weighted by Crippen LogP contribution is -2.51. The number of benzene rings is 1. The first-order valence-corrected chi connectivity index (χ1v) is 6.37. The van der Waals surface area contributed by atoms with Crippen LogP contribution >= 0.6 is 0 Å². The highest BCUT2D eigenvalue weighted by Gasteiger charge is 2.34. The Morgan fingerprint density at radius 1 is 1.00 bits per heavy atom. The van der Waals surface area contributed by atoms with E-state index in [4.69, 9.17) is 9.47 Å². The van der Waals surface area contributed by atoms with E-state index in [0.717, 1.165) is 0 Å². The number of morpholine rings is 1. The fourth-order valence-electron chi connectivity index (χ4n) is 2.04. The molecule has 22 heavy (non-hydrogen) atoms. The maximum atomic E-state index is 13.7. The van der Waals surface area contributed by atoms with E-state index < -0.39 is 41.2 Å². The van der Waals surface area contributed by atoms with Gasteiger partial charge in [0.15, 0.2) is 0 Å². The smallest absolute Gasteiger partial charge is 0.362 e. The van der Waals surface area contributed by atoms with Crippen molar-refractivity contribution in [1.29, 1.82) is 0 Å².